The quantitative estimate of drug-likeness (QED) is 0.699. The number of ether oxygens (including phenoxy) is 2. The van der Waals surface area contributed by atoms with E-state index in [1.54, 1.807) is 30.3 Å². The molecule has 0 fully saturated rings. The van der Waals surface area contributed by atoms with Gasteiger partial charge in [0.25, 0.3) is 5.91 Å². The number of imide groups is 1. The number of carbonyl (C=O) groups is 3. The summed E-state index contributed by atoms with van der Waals surface area (Å²) in [5.74, 6) is -0.567. The SMILES string of the molecule is CNC(=O)NC(=O)[C@H](OC(=O)COc1cc(C(C)C)ccc1C)c1ccccc1. The van der Waals surface area contributed by atoms with E-state index in [-0.39, 0.29) is 6.61 Å². The van der Waals surface area contributed by atoms with Gasteiger partial charge in [-0.05, 0) is 30.0 Å². The highest BCUT2D eigenvalue weighted by Crippen LogP contribution is 2.24. The lowest BCUT2D eigenvalue weighted by Crippen LogP contribution is -2.41. The van der Waals surface area contributed by atoms with Crippen molar-refractivity contribution in [1.82, 2.24) is 10.6 Å². The molecule has 0 aliphatic heterocycles. The molecule has 0 heterocycles. The Morgan fingerprint density at radius 2 is 1.69 bits per heavy atom. The van der Waals surface area contributed by atoms with Gasteiger partial charge >= 0.3 is 12.0 Å². The molecule has 7 nitrogen and oxygen atoms in total. The van der Waals surface area contributed by atoms with E-state index >= 15 is 0 Å². The number of nitrogens with one attached hydrogen (secondary N) is 2. The molecule has 1 atom stereocenters. The van der Waals surface area contributed by atoms with Gasteiger partial charge in [-0.25, -0.2) is 9.59 Å². The molecule has 0 radical (unpaired) electrons. The van der Waals surface area contributed by atoms with Gasteiger partial charge in [-0.15, -0.1) is 0 Å². The lowest BCUT2D eigenvalue weighted by Gasteiger charge is -2.18. The summed E-state index contributed by atoms with van der Waals surface area (Å²) in [6, 6.07) is 13.6. The second-order valence-electron chi connectivity index (χ2n) is 6.82. The normalized spacial score (nSPS) is 11.5. The van der Waals surface area contributed by atoms with Gasteiger partial charge in [0.15, 0.2) is 6.61 Å². The Hall–Kier alpha value is -3.35. The van der Waals surface area contributed by atoms with Crippen LogP contribution in [0.15, 0.2) is 48.5 Å². The first-order valence-corrected chi connectivity index (χ1v) is 9.32. The predicted octanol–water partition coefficient (Wildman–Crippen LogP) is 3.24. The largest absolute Gasteiger partial charge is 0.482 e. The third-order valence-electron chi connectivity index (χ3n) is 4.28. The van der Waals surface area contributed by atoms with Gasteiger partial charge in [-0.1, -0.05) is 56.3 Å². The summed E-state index contributed by atoms with van der Waals surface area (Å²) in [4.78, 5) is 36.2. The molecule has 0 unspecified atom stereocenters. The highest BCUT2D eigenvalue weighted by atomic mass is 16.6. The van der Waals surface area contributed by atoms with E-state index in [1.807, 2.05) is 25.1 Å². The lowest BCUT2D eigenvalue weighted by atomic mass is 10.0. The molecule has 2 rings (SSSR count). The van der Waals surface area contributed by atoms with Crippen LogP contribution < -0.4 is 15.4 Å². The third-order valence-corrected chi connectivity index (χ3v) is 4.28. The monoisotopic (exact) mass is 398 g/mol. The minimum absolute atomic E-state index is 0.320. The molecule has 0 bridgehead atoms. The Bertz CT molecular complexity index is 865. The second-order valence-corrected chi connectivity index (χ2v) is 6.82. The molecule has 7 heteroatoms. The van der Waals surface area contributed by atoms with E-state index < -0.39 is 24.0 Å². The van der Waals surface area contributed by atoms with E-state index in [2.05, 4.69) is 24.5 Å². The minimum atomic E-state index is -1.27. The average Bonchev–Trinajstić information content (AvgIpc) is 2.71. The Kier molecular flexibility index (Phi) is 7.77. The first-order valence-electron chi connectivity index (χ1n) is 9.32. The highest BCUT2D eigenvalue weighted by Gasteiger charge is 2.26. The van der Waals surface area contributed by atoms with Gasteiger partial charge in [-0.2, -0.15) is 0 Å². The van der Waals surface area contributed by atoms with Crippen LogP contribution in [0.1, 0.15) is 42.6 Å². The third kappa shape index (κ3) is 6.34. The van der Waals surface area contributed by atoms with Gasteiger partial charge in [-0.3, -0.25) is 10.1 Å². The van der Waals surface area contributed by atoms with Crippen LogP contribution >= 0.6 is 0 Å². The van der Waals surface area contributed by atoms with Crippen molar-refractivity contribution in [2.75, 3.05) is 13.7 Å². The molecule has 0 aliphatic rings. The average molecular weight is 398 g/mol. The maximum Gasteiger partial charge on any atom is 0.345 e. The number of hydrogen-bond donors (Lipinski definition) is 2. The standard InChI is InChI=1S/C22H26N2O5/c1-14(2)17-11-10-15(3)18(12-17)28-13-19(25)29-20(16-8-6-5-7-9-16)21(26)24-22(27)23-4/h5-12,14,20H,13H2,1-4H3,(H2,23,24,26,27)/t20-/m1/s1. The zero-order chi connectivity index (χ0) is 21.4. The minimum Gasteiger partial charge on any atom is -0.482 e. The second kappa shape index (κ2) is 10.3. The summed E-state index contributed by atoms with van der Waals surface area (Å²) in [6.07, 6.45) is -1.27. The van der Waals surface area contributed by atoms with Gasteiger partial charge < -0.3 is 14.8 Å². The van der Waals surface area contributed by atoms with E-state index in [1.165, 1.54) is 7.05 Å². The van der Waals surface area contributed by atoms with Gasteiger partial charge in [0.2, 0.25) is 6.10 Å². The van der Waals surface area contributed by atoms with Crippen molar-refractivity contribution in [3.63, 3.8) is 0 Å². The Balaban J connectivity index is 2.09. The van der Waals surface area contributed by atoms with Crippen molar-refractivity contribution in [3.05, 3.63) is 65.2 Å². The molecule has 0 saturated carbocycles. The zero-order valence-electron chi connectivity index (χ0n) is 17.0. The fourth-order valence-electron chi connectivity index (χ4n) is 2.57. The van der Waals surface area contributed by atoms with Gasteiger partial charge in [0.1, 0.15) is 5.75 Å². The molecule has 154 valence electrons. The van der Waals surface area contributed by atoms with Gasteiger partial charge in [0.05, 0.1) is 0 Å². The first kappa shape index (κ1) is 21.9. The molecule has 2 N–H and O–H groups in total. The number of esters is 1. The van der Waals surface area contributed by atoms with E-state index in [0.29, 0.717) is 17.2 Å². The predicted molar refractivity (Wildman–Crippen MR) is 109 cm³/mol. The number of urea groups is 1. The molecule has 29 heavy (non-hydrogen) atoms. The van der Waals surface area contributed by atoms with Crippen molar-refractivity contribution in [2.45, 2.75) is 32.8 Å². The molecule has 0 aliphatic carbocycles. The van der Waals surface area contributed by atoms with E-state index in [9.17, 15) is 14.4 Å². The summed E-state index contributed by atoms with van der Waals surface area (Å²) in [6.45, 7) is 5.66. The molecule has 3 amide bonds. The summed E-state index contributed by atoms with van der Waals surface area (Å²) in [5, 5.41) is 4.42. The van der Waals surface area contributed by atoms with Crippen LogP contribution in [-0.4, -0.2) is 31.6 Å². The Labute approximate surface area is 170 Å². The number of aryl methyl sites for hydroxylation is 1. The summed E-state index contributed by atoms with van der Waals surface area (Å²) >= 11 is 0. The lowest BCUT2D eigenvalue weighted by molar-refractivity contribution is -0.158. The molecule has 2 aromatic rings. The number of hydrogen-bond acceptors (Lipinski definition) is 5. The van der Waals surface area contributed by atoms with Gasteiger partial charge in [0, 0.05) is 12.6 Å². The number of amides is 3. The smallest absolute Gasteiger partial charge is 0.345 e. The van der Waals surface area contributed by atoms with Crippen LogP contribution in [0.4, 0.5) is 4.79 Å². The Morgan fingerprint density at radius 3 is 2.31 bits per heavy atom. The fraction of sp³-hybridized carbons (Fsp3) is 0.318. The van der Waals surface area contributed by atoms with Crippen LogP contribution in [0.25, 0.3) is 0 Å². The molecule has 2 aromatic carbocycles. The topological polar surface area (TPSA) is 93.7 Å². The molecular weight excluding hydrogens is 372 g/mol. The maximum absolute atomic E-state index is 12.4. The fourth-order valence-corrected chi connectivity index (χ4v) is 2.57. The number of rotatable bonds is 7. The molecular formula is C22H26N2O5. The molecule has 0 spiro atoms. The van der Waals surface area contributed by atoms with Crippen LogP contribution in [0.2, 0.25) is 0 Å². The van der Waals surface area contributed by atoms with Crippen LogP contribution in [-0.2, 0) is 14.3 Å². The van der Waals surface area contributed by atoms with E-state index in [0.717, 1.165) is 11.1 Å². The van der Waals surface area contributed by atoms with Crippen molar-refractivity contribution in [1.29, 1.82) is 0 Å². The molecule has 0 aromatic heterocycles. The van der Waals surface area contributed by atoms with Crippen LogP contribution in [0, 0.1) is 6.92 Å². The van der Waals surface area contributed by atoms with Crippen molar-refractivity contribution < 1.29 is 23.9 Å². The van der Waals surface area contributed by atoms with Crippen molar-refractivity contribution >= 4 is 17.9 Å². The summed E-state index contributed by atoms with van der Waals surface area (Å²) in [5.41, 5.74) is 2.42. The van der Waals surface area contributed by atoms with Crippen LogP contribution in [0.3, 0.4) is 0 Å². The number of carbonyl (C=O) groups excluding carboxylic acids is 3. The first-order chi connectivity index (χ1) is 13.8. The summed E-state index contributed by atoms with van der Waals surface area (Å²) in [7, 11) is 1.38. The summed E-state index contributed by atoms with van der Waals surface area (Å²) < 4.78 is 10.9. The number of benzene rings is 2. The zero-order valence-corrected chi connectivity index (χ0v) is 17.0. The maximum atomic E-state index is 12.4. The van der Waals surface area contributed by atoms with Crippen molar-refractivity contribution in [2.24, 2.45) is 0 Å². The Morgan fingerprint density at radius 1 is 1.00 bits per heavy atom. The van der Waals surface area contributed by atoms with E-state index in [4.69, 9.17) is 9.47 Å². The highest BCUT2D eigenvalue weighted by molar-refractivity contribution is 5.97. The van der Waals surface area contributed by atoms with Crippen LogP contribution in [0.5, 0.6) is 5.75 Å². The van der Waals surface area contributed by atoms with Crippen molar-refractivity contribution in [3.8, 4) is 5.75 Å². The molecule has 0 saturated heterocycles.